The summed E-state index contributed by atoms with van der Waals surface area (Å²) < 4.78 is 14.3. The van der Waals surface area contributed by atoms with Crippen molar-refractivity contribution >= 4 is 34.0 Å². The molecule has 3 rings (SSSR count). The monoisotopic (exact) mass is 307 g/mol. The Morgan fingerprint density at radius 1 is 1.52 bits per heavy atom. The van der Waals surface area contributed by atoms with Gasteiger partial charge in [-0.15, -0.1) is 0 Å². The first-order chi connectivity index (χ1) is 10.2. The Labute approximate surface area is 125 Å². The minimum atomic E-state index is -0.622. The zero-order chi connectivity index (χ0) is 14.8. The Morgan fingerprint density at radius 3 is 3.10 bits per heavy atom. The third-order valence-electron chi connectivity index (χ3n) is 3.53. The number of hydrogen-bond acceptors (Lipinski definition) is 5. The fourth-order valence-corrected chi connectivity index (χ4v) is 3.61. The van der Waals surface area contributed by atoms with Crippen molar-refractivity contribution in [2.24, 2.45) is 0 Å². The lowest BCUT2D eigenvalue weighted by atomic mass is 10.1. The summed E-state index contributed by atoms with van der Waals surface area (Å²) in [5.74, 6) is 1.41. The SMILES string of the molecule is O=[N+]([O-])c1cc(F)c(NC2CCCSC2)c2ncccc12. The zero-order valence-electron chi connectivity index (χ0n) is 11.2. The van der Waals surface area contributed by atoms with Crippen LogP contribution in [0.4, 0.5) is 15.8 Å². The lowest BCUT2D eigenvalue weighted by Gasteiger charge is -2.24. The molecule has 1 aliphatic heterocycles. The van der Waals surface area contributed by atoms with Gasteiger partial charge in [0.25, 0.3) is 5.69 Å². The molecule has 1 aliphatic rings. The topological polar surface area (TPSA) is 68.1 Å². The molecule has 1 atom stereocenters. The number of nitrogens with zero attached hydrogens (tertiary/aromatic N) is 2. The Balaban J connectivity index is 2.07. The van der Waals surface area contributed by atoms with E-state index in [2.05, 4.69) is 10.3 Å². The average molecular weight is 307 g/mol. The molecule has 5 nitrogen and oxygen atoms in total. The van der Waals surface area contributed by atoms with Crippen LogP contribution in [0.2, 0.25) is 0 Å². The number of nitro groups is 1. The third-order valence-corrected chi connectivity index (χ3v) is 4.74. The number of benzene rings is 1. The Kier molecular flexibility index (Phi) is 3.92. The van der Waals surface area contributed by atoms with Crippen LogP contribution in [0.15, 0.2) is 24.4 Å². The summed E-state index contributed by atoms with van der Waals surface area (Å²) in [6.45, 7) is 0. The number of hydrogen-bond donors (Lipinski definition) is 1. The second-order valence-corrected chi connectivity index (χ2v) is 6.12. The first kappa shape index (κ1) is 14.1. The quantitative estimate of drug-likeness (QED) is 0.693. The summed E-state index contributed by atoms with van der Waals surface area (Å²) in [5, 5.41) is 14.6. The van der Waals surface area contributed by atoms with Crippen molar-refractivity contribution in [2.45, 2.75) is 18.9 Å². The van der Waals surface area contributed by atoms with Crippen LogP contribution in [0, 0.1) is 15.9 Å². The van der Waals surface area contributed by atoms with Crippen molar-refractivity contribution < 1.29 is 9.31 Å². The van der Waals surface area contributed by atoms with E-state index in [1.54, 1.807) is 12.1 Å². The largest absolute Gasteiger partial charge is 0.377 e. The molecule has 2 aromatic rings. The molecule has 21 heavy (non-hydrogen) atoms. The average Bonchev–Trinajstić information content (AvgIpc) is 2.50. The van der Waals surface area contributed by atoms with Gasteiger partial charge in [-0.1, -0.05) is 0 Å². The highest BCUT2D eigenvalue weighted by atomic mass is 32.2. The van der Waals surface area contributed by atoms with Gasteiger partial charge in [-0.25, -0.2) is 4.39 Å². The number of pyridine rings is 1. The molecule has 110 valence electrons. The summed E-state index contributed by atoms with van der Waals surface area (Å²) in [4.78, 5) is 14.6. The molecule has 1 saturated heterocycles. The van der Waals surface area contributed by atoms with Crippen molar-refractivity contribution in [3.8, 4) is 0 Å². The highest BCUT2D eigenvalue weighted by Gasteiger charge is 2.22. The van der Waals surface area contributed by atoms with E-state index >= 15 is 0 Å². The molecule has 2 heterocycles. The second-order valence-electron chi connectivity index (χ2n) is 4.97. The summed E-state index contributed by atoms with van der Waals surface area (Å²) >= 11 is 1.83. The van der Waals surface area contributed by atoms with Gasteiger partial charge in [0.1, 0.15) is 5.52 Å². The maximum atomic E-state index is 14.3. The van der Waals surface area contributed by atoms with Gasteiger partial charge in [0, 0.05) is 18.0 Å². The van der Waals surface area contributed by atoms with Crippen LogP contribution < -0.4 is 5.32 Å². The smallest absolute Gasteiger partial charge is 0.281 e. The summed E-state index contributed by atoms with van der Waals surface area (Å²) in [5.41, 5.74) is 0.336. The van der Waals surface area contributed by atoms with Crippen molar-refractivity contribution in [1.82, 2.24) is 4.98 Å². The lowest BCUT2D eigenvalue weighted by Crippen LogP contribution is -2.26. The van der Waals surface area contributed by atoms with Crippen LogP contribution in [0.1, 0.15) is 12.8 Å². The van der Waals surface area contributed by atoms with Crippen molar-refractivity contribution in [3.05, 3.63) is 40.3 Å². The minimum absolute atomic E-state index is 0.171. The lowest BCUT2D eigenvalue weighted by molar-refractivity contribution is -0.383. The Hall–Kier alpha value is -1.89. The van der Waals surface area contributed by atoms with Crippen molar-refractivity contribution in [3.63, 3.8) is 0 Å². The number of nitrogens with one attached hydrogen (secondary N) is 1. The first-order valence-electron chi connectivity index (χ1n) is 6.72. The predicted molar refractivity (Wildman–Crippen MR) is 82.3 cm³/mol. The van der Waals surface area contributed by atoms with Crippen LogP contribution in [-0.2, 0) is 0 Å². The Morgan fingerprint density at radius 2 is 2.38 bits per heavy atom. The van der Waals surface area contributed by atoms with E-state index in [1.165, 1.54) is 6.20 Å². The molecule has 1 aromatic heterocycles. The van der Waals surface area contributed by atoms with Crippen molar-refractivity contribution in [1.29, 1.82) is 0 Å². The van der Waals surface area contributed by atoms with E-state index in [0.717, 1.165) is 30.4 Å². The van der Waals surface area contributed by atoms with Crippen LogP contribution in [-0.4, -0.2) is 27.5 Å². The molecule has 1 N–H and O–H groups in total. The van der Waals surface area contributed by atoms with Gasteiger partial charge in [-0.3, -0.25) is 15.1 Å². The molecular weight excluding hydrogens is 293 g/mol. The van der Waals surface area contributed by atoms with Gasteiger partial charge in [0.15, 0.2) is 5.82 Å². The molecule has 7 heteroatoms. The number of fused-ring (bicyclic) bond motifs is 1. The molecule has 1 aromatic carbocycles. The summed E-state index contributed by atoms with van der Waals surface area (Å²) in [6.07, 6.45) is 3.58. The van der Waals surface area contributed by atoms with Gasteiger partial charge in [-0.2, -0.15) is 11.8 Å². The van der Waals surface area contributed by atoms with Gasteiger partial charge >= 0.3 is 0 Å². The summed E-state index contributed by atoms with van der Waals surface area (Å²) in [6, 6.07) is 4.36. The molecule has 0 amide bonds. The number of rotatable bonds is 3. The number of thioether (sulfide) groups is 1. The molecule has 0 bridgehead atoms. The molecule has 0 saturated carbocycles. The van der Waals surface area contributed by atoms with Crippen LogP contribution in [0.5, 0.6) is 0 Å². The molecular formula is C14H14FN3O2S. The molecule has 0 spiro atoms. The van der Waals surface area contributed by atoms with E-state index in [1.807, 2.05) is 11.8 Å². The fourth-order valence-electron chi connectivity index (χ4n) is 2.54. The molecule has 0 aliphatic carbocycles. The van der Waals surface area contributed by atoms with Crippen molar-refractivity contribution in [2.75, 3.05) is 16.8 Å². The Bertz CT molecular complexity index is 689. The molecule has 1 fully saturated rings. The number of nitro benzene ring substituents is 1. The summed E-state index contributed by atoms with van der Waals surface area (Å²) in [7, 11) is 0. The highest BCUT2D eigenvalue weighted by molar-refractivity contribution is 7.99. The normalized spacial score (nSPS) is 18.6. The standard InChI is InChI=1S/C14H14FN3O2S/c15-11-7-12(18(19)20)10-4-1-5-16-13(10)14(11)17-9-3-2-6-21-8-9/h1,4-5,7,9,17H,2-3,6,8H2. The number of anilines is 1. The van der Waals surface area contributed by atoms with E-state index < -0.39 is 10.7 Å². The highest BCUT2D eigenvalue weighted by Crippen LogP contribution is 2.34. The van der Waals surface area contributed by atoms with Crippen LogP contribution >= 0.6 is 11.8 Å². The maximum absolute atomic E-state index is 14.3. The van der Waals surface area contributed by atoms with E-state index in [-0.39, 0.29) is 17.4 Å². The van der Waals surface area contributed by atoms with E-state index in [4.69, 9.17) is 0 Å². The minimum Gasteiger partial charge on any atom is -0.377 e. The molecule has 1 unspecified atom stereocenters. The second kappa shape index (κ2) is 5.85. The molecule has 0 radical (unpaired) electrons. The third kappa shape index (κ3) is 2.78. The first-order valence-corrected chi connectivity index (χ1v) is 7.88. The van der Waals surface area contributed by atoms with Gasteiger partial charge in [0.2, 0.25) is 0 Å². The van der Waals surface area contributed by atoms with Crippen LogP contribution in [0.3, 0.4) is 0 Å². The van der Waals surface area contributed by atoms with Gasteiger partial charge in [-0.05, 0) is 30.7 Å². The fraction of sp³-hybridized carbons (Fsp3) is 0.357. The maximum Gasteiger partial charge on any atom is 0.281 e. The van der Waals surface area contributed by atoms with E-state index in [9.17, 15) is 14.5 Å². The zero-order valence-corrected chi connectivity index (χ0v) is 12.0. The number of aromatic nitrogens is 1. The number of halogens is 1. The van der Waals surface area contributed by atoms with Gasteiger partial charge < -0.3 is 5.32 Å². The predicted octanol–water partition coefficient (Wildman–Crippen LogP) is 3.59. The van der Waals surface area contributed by atoms with E-state index in [0.29, 0.717) is 10.9 Å². The van der Waals surface area contributed by atoms with Crippen LogP contribution in [0.25, 0.3) is 10.9 Å². The van der Waals surface area contributed by atoms with Gasteiger partial charge in [0.05, 0.1) is 22.1 Å². The number of non-ortho nitro benzene ring substituents is 1.